The molecule has 3 rings (SSSR count). The Hall–Kier alpha value is -1.65. The Morgan fingerprint density at radius 1 is 1.12 bits per heavy atom. The Bertz CT molecular complexity index is 942. The van der Waals surface area contributed by atoms with Gasteiger partial charge in [0, 0.05) is 25.7 Å². The number of carbonyl (C=O) groups is 1. The molecule has 1 aliphatic heterocycles. The maximum absolute atomic E-state index is 13.0. The van der Waals surface area contributed by atoms with Crippen molar-refractivity contribution in [2.75, 3.05) is 19.3 Å². The van der Waals surface area contributed by atoms with Gasteiger partial charge in [0.1, 0.15) is 6.04 Å². The largest absolute Gasteiger partial charge is 0.416 e. The van der Waals surface area contributed by atoms with Crippen LogP contribution in [0.5, 0.6) is 0 Å². The molecule has 1 saturated carbocycles. The molecule has 1 aromatic carbocycles. The quantitative estimate of drug-likeness (QED) is 0.616. The zero-order valence-corrected chi connectivity index (χ0v) is 20.4. The van der Waals surface area contributed by atoms with Gasteiger partial charge in [0.2, 0.25) is 15.9 Å². The molecule has 2 fully saturated rings. The van der Waals surface area contributed by atoms with Crippen LogP contribution in [0.3, 0.4) is 0 Å². The molecule has 0 aromatic heterocycles. The minimum atomic E-state index is -4.34. The number of alkyl halides is 3. The van der Waals surface area contributed by atoms with Crippen LogP contribution in [0, 0.1) is 17.3 Å². The van der Waals surface area contributed by atoms with Crippen molar-refractivity contribution < 1.29 is 26.4 Å². The van der Waals surface area contributed by atoms with Gasteiger partial charge in [-0.1, -0.05) is 32.9 Å². The molecule has 0 bridgehead atoms. The molecule has 33 heavy (non-hydrogen) atoms. The molecule has 186 valence electrons. The van der Waals surface area contributed by atoms with Crippen molar-refractivity contribution >= 4 is 15.9 Å². The number of fused-ring (bicyclic) bond motifs is 1. The topological polar surface area (TPSA) is 78.5 Å². The molecule has 0 radical (unpaired) electrons. The molecular weight excluding hydrogens is 455 g/mol. The number of nitrogens with zero attached hydrogens (tertiary/aromatic N) is 1. The summed E-state index contributed by atoms with van der Waals surface area (Å²) in [7, 11) is -3.54. The molecule has 0 unspecified atom stereocenters. The number of hydrogen-bond donors (Lipinski definition) is 2. The first-order chi connectivity index (χ1) is 15.1. The lowest BCUT2D eigenvalue weighted by atomic mass is 9.88. The van der Waals surface area contributed by atoms with Crippen LogP contribution in [0.25, 0.3) is 0 Å². The number of benzene rings is 1. The van der Waals surface area contributed by atoms with Crippen LogP contribution in [0.2, 0.25) is 0 Å². The smallest absolute Gasteiger partial charge is 0.352 e. The van der Waals surface area contributed by atoms with E-state index in [-0.39, 0.29) is 23.3 Å². The van der Waals surface area contributed by atoms with Gasteiger partial charge in [0.25, 0.3) is 0 Å². The Morgan fingerprint density at radius 2 is 1.76 bits per heavy atom. The van der Waals surface area contributed by atoms with Crippen LogP contribution in [-0.4, -0.2) is 50.7 Å². The number of carbonyl (C=O) groups excluding carboxylic acids is 1. The molecule has 1 heterocycles. The molecule has 10 heteroatoms. The second-order valence-electron chi connectivity index (χ2n) is 10.7. The van der Waals surface area contributed by atoms with Gasteiger partial charge in [-0.3, -0.25) is 9.69 Å². The third-order valence-electron chi connectivity index (χ3n) is 6.44. The third-order valence-corrected chi connectivity index (χ3v) is 7.15. The van der Waals surface area contributed by atoms with E-state index in [0.29, 0.717) is 18.9 Å². The fraction of sp³-hybridized carbons (Fsp3) is 0.696. The molecule has 1 amide bonds. The number of halogens is 3. The van der Waals surface area contributed by atoms with Crippen LogP contribution >= 0.6 is 0 Å². The lowest BCUT2D eigenvalue weighted by molar-refractivity contribution is -0.137. The summed E-state index contributed by atoms with van der Waals surface area (Å²) in [6, 6.07) is 4.39. The second-order valence-corrected chi connectivity index (χ2v) is 12.5. The van der Waals surface area contributed by atoms with Gasteiger partial charge < -0.3 is 5.32 Å². The Morgan fingerprint density at radius 3 is 2.30 bits per heavy atom. The van der Waals surface area contributed by atoms with Crippen LogP contribution in [0.4, 0.5) is 13.2 Å². The first kappa shape index (κ1) is 26.0. The fourth-order valence-corrected chi connectivity index (χ4v) is 5.77. The van der Waals surface area contributed by atoms with Gasteiger partial charge in [-0.25, -0.2) is 13.1 Å². The van der Waals surface area contributed by atoms with E-state index in [1.54, 1.807) is 0 Å². The van der Waals surface area contributed by atoms with Gasteiger partial charge in [0.05, 0.1) is 11.8 Å². The predicted octanol–water partition coefficient (Wildman–Crippen LogP) is 3.39. The van der Waals surface area contributed by atoms with Crippen molar-refractivity contribution in [2.24, 2.45) is 17.3 Å². The monoisotopic (exact) mass is 489 g/mol. The standard InChI is InChI=1S/C23H34F3N3O3S/c1-22(2,3)11-20(28-33(4,31)32)21(30)27-19-10-7-16-13-29(14-18(16)19)12-15-5-8-17(9-6-15)23(24,25)26/h5-6,8-9,16,18-20,28H,7,10-14H2,1-4H3,(H,27,30)/t16-,18+,19+,20+/m1/s1. The summed E-state index contributed by atoms with van der Waals surface area (Å²) in [6.45, 7) is 8.02. The Kier molecular flexibility index (Phi) is 7.51. The van der Waals surface area contributed by atoms with Crippen molar-refractivity contribution in [1.29, 1.82) is 0 Å². The maximum Gasteiger partial charge on any atom is 0.416 e. The molecule has 1 aliphatic carbocycles. The highest BCUT2D eigenvalue weighted by atomic mass is 32.2. The van der Waals surface area contributed by atoms with Crippen molar-refractivity contribution in [3.63, 3.8) is 0 Å². The van der Waals surface area contributed by atoms with E-state index in [9.17, 15) is 26.4 Å². The SMILES string of the molecule is CC(C)(C)C[C@H](NS(C)(=O)=O)C(=O)N[C@H]1CC[C@@H]2CN(Cc3ccc(C(F)(F)F)cc3)C[C@@H]21. The van der Waals surface area contributed by atoms with Gasteiger partial charge >= 0.3 is 6.18 Å². The molecule has 6 nitrogen and oxygen atoms in total. The van der Waals surface area contributed by atoms with Crippen molar-refractivity contribution in [1.82, 2.24) is 14.9 Å². The highest BCUT2D eigenvalue weighted by molar-refractivity contribution is 7.88. The van der Waals surface area contributed by atoms with E-state index >= 15 is 0 Å². The number of hydrogen-bond acceptors (Lipinski definition) is 4. The predicted molar refractivity (Wildman–Crippen MR) is 121 cm³/mol. The fourth-order valence-electron chi connectivity index (χ4n) is 5.07. The van der Waals surface area contributed by atoms with Gasteiger partial charge in [-0.05, 0) is 54.2 Å². The van der Waals surface area contributed by atoms with E-state index in [2.05, 4.69) is 14.9 Å². The zero-order chi connectivity index (χ0) is 24.6. The van der Waals surface area contributed by atoms with E-state index in [0.717, 1.165) is 49.9 Å². The zero-order valence-electron chi connectivity index (χ0n) is 19.6. The maximum atomic E-state index is 13.0. The number of amides is 1. The average Bonchev–Trinajstić information content (AvgIpc) is 3.19. The molecular formula is C23H34F3N3O3S. The lowest BCUT2D eigenvalue weighted by Crippen LogP contribution is -2.51. The summed E-state index contributed by atoms with van der Waals surface area (Å²) in [6.07, 6.45) is -1.10. The van der Waals surface area contributed by atoms with Crippen LogP contribution in [0.15, 0.2) is 24.3 Å². The number of likely N-dealkylation sites (tertiary alicyclic amines) is 1. The number of rotatable bonds is 7. The van der Waals surface area contributed by atoms with Crippen molar-refractivity contribution in [3.8, 4) is 0 Å². The Balaban J connectivity index is 1.60. The highest BCUT2D eigenvalue weighted by Gasteiger charge is 2.44. The molecule has 4 atom stereocenters. The molecule has 2 N–H and O–H groups in total. The molecule has 0 spiro atoms. The Labute approximate surface area is 194 Å². The summed E-state index contributed by atoms with van der Waals surface area (Å²) < 4.78 is 64.4. The summed E-state index contributed by atoms with van der Waals surface area (Å²) in [5.41, 5.74) is -0.0602. The average molecular weight is 490 g/mol. The number of sulfonamides is 1. The summed E-state index contributed by atoms with van der Waals surface area (Å²) in [5.74, 6) is 0.354. The van der Waals surface area contributed by atoms with Gasteiger partial charge in [-0.2, -0.15) is 13.2 Å². The number of nitrogens with one attached hydrogen (secondary N) is 2. The van der Waals surface area contributed by atoms with E-state index < -0.39 is 27.8 Å². The van der Waals surface area contributed by atoms with Gasteiger partial charge in [-0.15, -0.1) is 0 Å². The van der Waals surface area contributed by atoms with Crippen LogP contribution < -0.4 is 10.0 Å². The summed E-state index contributed by atoms with van der Waals surface area (Å²) in [5, 5.41) is 3.09. The van der Waals surface area contributed by atoms with Crippen molar-refractivity contribution in [2.45, 2.75) is 64.8 Å². The normalized spacial score (nSPS) is 25.1. The first-order valence-corrected chi connectivity index (χ1v) is 13.2. The van der Waals surface area contributed by atoms with E-state index in [4.69, 9.17) is 0 Å². The first-order valence-electron chi connectivity index (χ1n) is 11.3. The molecule has 1 aromatic rings. The summed E-state index contributed by atoms with van der Waals surface area (Å²) >= 11 is 0. The molecule has 1 saturated heterocycles. The van der Waals surface area contributed by atoms with Crippen LogP contribution in [-0.2, 0) is 27.5 Å². The van der Waals surface area contributed by atoms with Gasteiger partial charge in [0.15, 0.2) is 0 Å². The third kappa shape index (κ3) is 7.42. The second kappa shape index (κ2) is 9.54. The molecule has 2 aliphatic rings. The highest BCUT2D eigenvalue weighted by Crippen LogP contribution is 2.39. The van der Waals surface area contributed by atoms with Crippen LogP contribution in [0.1, 0.15) is 51.2 Å². The van der Waals surface area contributed by atoms with E-state index in [1.807, 2.05) is 20.8 Å². The lowest BCUT2D eigenvalue weighted by Gasteiger charge is -2.28. The minimum absolute atomic E-state index is 0.0380. The minimum Gasteiger partial charge on any atom is -0.352 e. The van der Waals surface area contributed by atoms with E-state index in [1.165, 1.54) is 12.1 Å². The summed E-state index contributed by atoms with van der Waals surface area (Å²) in [4.78, 5) is 15.2. The van der Waals surface area contributed by atoms with Crippen molar-refractivity contribution in [3.05, 3.63) is 35.4 Å².